The van der Waals surface area contributed by atoms with Gasteiger partial charge in [0.2, 0.25) is 10.0 Å². The van der Waals surface area contributed by atoms with Crippen molar-refractivity contribution in [2.45, 2.75) is 4.90 Å². The molecule has 12 heteroatoms. The number of halogens is 1. The molecule has 0 spiro atoms. The number of morpholine rings is 1. The zero-order valence-electron chi connectivity index (χ0n) is 14.4. The van der Waals surface area contributed by atoms with Gasteiger partial charge in [0.25, 0.3) is 11.8 Å². The van der Waals surface area contributed by atoms with Gasteiger partial charge in [0, 0.05) is 37.0 Å². The predicted molar refractivity (Wildman–Crippen MR) is 98.4 cm³/mol. The van der Waals surface area contributed by atoms with E-state index in [9.17, 15) is 18.0 Å². The first-order valence-corrected chi connectivity index (χ1v) is 10.2. The molecule has 0 aliphatic carbocycles. The minimum absolute atomic E-state index is 0.00944. The average molecular weight is 460 g/mol. The van der Waals surface area contributed by atoms with Crippen LogP contribution in [0.25, 0.3) is 0 Å². The molecule has 1 aliphatic rings. The predicted octanol–water partition coefficient (Wildman–Crippen LogP) is 0.211. The van der Waals surface area contributed by atoms with Crippen molar-refractivity contribution >= 4 is 37.8 Å². The van der Waals surface area contributed by atoms with E-state index in [-0.39, 0.29) is 23.7 Å². The summed E-state index contributed by atoms with van der Waals surface area (Å²) < 4.78 is 33.9. The van der Waals surface area contributed by atoms with Gasteiger partial charge in [-0.25, -0.2) is 8.42 Å². The van der Waals surface area contributed by atoms with Gasteiger partial charge in [-0.1, -0.05) is 0 Å². The van der Waals surface area contributed by atoms with Crippen molar-refractivity contribution in [2.75, 3.05) is 26.3 Å². The molecule has 2 aromatic rings. The van der Waals surface area contributed by atoms with Crippen molar-refractivity contribution < 1.29 is 22.7 Å². The molecule has 27 heavy (non-hydrogen) atoms. The van der Waals surface area contributed by atoms with Crippen molar-refractivity contribution in [3.05, 3.63) is 40.4 Å². The number of nitrogens with one attached hydrogen (secondary N) is 3. The molecule has 2 amide bonds. The van der Waals surface area contributed by atoms with E-state index in [1.807, 2.05) is 0 Å². The van der Waals surface area contributed by atoms with E-state index in [1.165, 1.54) is 16.6 Å². The Bertz CT molecular complexity index is 961. The Balaban J connectivity index is 1.64. The summed E-state index contributed by atoms with van der Waals surface area (Å²) in [6.45, 7) is 1.19. The molecule has 0 unspecified atom stereocenters. The molecule has 1 aliphatic heterocycles. The molecular formula is C15H18BrN5O5S. The van der Waals surface area contributed by atoms with Crippen LogP contribution in [-0.2, 0) is 21.8 Å². The van der Waals surface area contributed by atoms with Crippen molar-refractivity contribution in [1.29, 1.82) is 0 Å². The third kappa shape index (κ3) is 4.24. The van der Waals surface area contributed by atoms with Crippen LogP contribution in [0.5, 0.6) is 0 Å². The lowest BCUT2D eigenvalue weighted by atomic mass is 10.4. The standard InChI is InChI=1S/C15H18BrN5O5S/c1-20-9-10(16)6-13(20)15(23)19-18-14(22)12-7-11(8-17-12)27(24,25)21-2-4-26-5-3-21/h6-9,17H,2-5H2,1H3,(H,18,22)(H,19,23). The monoisotopic (exact) mass is 459 g/mol. The highest BCUT2D eigenvalue weighted by Gasteiger charge is 2.28. The summed E-state index contributed by atoms with van der Waals surface area (Å²) in [5, 5.41) is 0. The zero-order chi connectivity index (χ0) is 19.6. The maximum atomic E-state index is 12.6. The number of aromatic amines is 1. The molecule has 1 saturated heterocycles. The number of aromatic nitrogens is 2. The molecule has 1 fully saturated rings. The van der Waals surface area contributed by atoms with E-state index >= 15 is 0 Å². The second kappa shape index (κ2) is 7.84. The molecule has 0 radical (unpaired) electrons. The quantitative estimate of drug-likeness (QED) is 0.563. The number of carbonyl (C=O) groups is 2. The zero-order valence-corrected chi connectivity index (χ0v) is 16.8. The number of ether oxygens (including phenoxy) is 1. The topological polar surface area (TPSA) is 126 Å². The number of carbonyl (C=O) groups excluding carboxylic acids is 2. The van der Waals surface area contributed by atoms with Crippen LogP contribution in [0.4, 0.5) is 0 Å². The highest BCUT2D eigenvalue weighted by atomic mass is 79.9. The SMILES string of the molecule is Cn1cc(Br)cc1C(=O)NNC(=O)c1cc(S(=O)(=O)N2CCOCC2)c[nH]1. The first kappa shape index (κ1) is 19.6. The first-order valence-electron chi connectivity index (χ1n) is 7.98. The van der Waals surface area contributed by atoms with E-state index < -0.39 is 21.8 Å². The third-order valence-corrected chi connectivity index (χ3v) is 6.31. The maximum absolute atomic E-state index is 12.6. The Kier molecular flexibility index (Phi) is 5.69. The Morgan fingerprint density at radius 1 is 1.19 bits per heavy atom. The molecule has 3 N–H and O–H groups in total. The average Bonchev–Trinajstić information content (AvgIpc) is 3.27. The maximum Gasteiger partial charge on any atom is 0.286 e. The molecule has 146 valence electrons. The normalized spacial score (nSPS) is 15.5. The van der Waals surface area contributed by atoms with Gasteiger partial charge < -0.3 is 14.3 Å². The minimum Gasteiger partial charge on any atom is -0.379 e. The lowest BCUT2D eigenvalue weighted by Crippen LogP contribution is -2.42. The number of H-pyrrole nitrogens is 1. The van der Waals surface area contributed by atoms with Crippen molar-refractivity contribution in [3.8, 4) is 0 Å². The van der Waals surface area contributed by atoms with Crippen LogP contribution < -0.4 is 10.9 Å². The largest absolute Gasteiger partial charge is 0.379 e. The highest BCUT2D eigenvalue weighted by molar-refractivity contribution is 9.10. The summed E-state index contributed by atoms with van der Waals surface area (Å²) in [6, 6.07) is 2.83. The highest BCUT2D eigenvalue weighted by Crippen LogP contribution is 2.18. The van der Waals surface area contributed by atoms with E-state index in [1.54, 1.807) is 23.9 Å². The number of sulfonamides is 1. The van der Waals surface area contributed by atoms with Crippen molar-refractivity contribution in [3.63, 3.8) is 0 Å². The van der Waals surface area contributed by atoms with Gasteiger partial charge in [0.15, 0.2) is 0 Å². The Hall–Kier alpha value is -2.15. The van der Waals surface area contributed by atoms with Crippen LogP contribution in [0.2, 0.25) is 0 Å². The van der Waals surface area contributed by atoms with Gasteiger partial charge in [-0.3, -0.25) is 20.4 Å². The van der Waals surface area contributed by atoms with Crippen LogP contribution in [0.3, 0.4) is 0 Å². The molecular weight excluding hydrogens is 442 g/mol. The molecule has 0 atom stereocenters. The summed E-state index contributed by atoms with van der Waals surface area (Å²) in [7, 11) is -2.02. The van der Waals surface area contributed by atoms with E-state index in [4.69, 9.17) is 4.74 Å². The number of hydrogen-bond donors (Lipinski definition) is 3. The van der Waals surface area contributed by atoms with Crippen LogP contribution in [0, 0.1) is 0 Å². The molecule has 3 rings (SSSR count). The fourth-order valence-electron chi connectivity index (χ4n) is 2.59. The summed E-state index contributed by atoms with van der Waals surface area (Å²) >= 11 is 3.26. The number of amides is 2. The molecule has 2 aromatic heterocycles. The molecule has 0 saturated carbocycles. The molecule has 3 heterocycles. The fraction of sp³-hybridized carbons (Fsp3) is 0.333. The number of nitrogens with zero attached hydrogens (tertiary/aromatic N) is 2. The summed E-state index contributed by atoms with van der Waals surface area (Å²) in [6.07, 6.45) is 2.94. The Morgan fingerprint density at radius 3 is 2.48 bits per heavy atom. The van der Waals surface area contributed by atoms with E-state index in [2.05, 4.69) is 31.8 Å². The van der Waals surface area contributed by atoms with Crippen LogP contribution in [-0.4, -0.2) is 60.4 Å². The van der Waals surface area contributed by atoms with E-state index in [0.29, 0.717) is 18.9 Å². The van der Waals surface area contributed by atoms with Gasteiger partial charge >= 0.3 is 0 Å². The second-order valence-corrected chi connectivity index (χ2v) is 8.68. The summed E-state index contributed by atoms with van der Waals surface area (Å²) in [5.41, 5.74) is 4.88. The number of rotatable bonds is 4. The number of hydrogen-bond acceptors (Lipinski definition) is 5. The van der Waals surface area contributed by atoms with Gasteiger partial charge in [-0.05, 0) is 28.1 Å². The number of hydrazine groups is 1. The molecule has 0 aromatic carbocycles. The van der Waals surface area contributed by atoms with Crippen molar-refractivity contribution in [2.24, 2.45) is 7.05 Å². The number of aryl methyl sites for hydroxylation is 1. The second-order valence-electron chi connectivity index (χ2n) is 5.83. The summed E-state index contributed by atoms with van der Waals surface area (Å²) in [5.74, 6) is -1.18. The smallest absolute Gasteiger partial charge is 0.286 e. The van der Waals surface area contributed by atoms with Gasteiger partial charge in [0.1, 0.15) is 16.3 Å². The Morgan fingerprint density at radius 2 is 1.85 bits per heavy atom. The summed E-state index contributed by atoms with van der Waals surface area (Å²) in [4.78, 5) is 26.9. The lowest BCUT2D eigenvalue weighted by molar-refractivity contribution is 0.0730. The fourth-order valence-corrected chi connectivity index (χ4v) is 4.51. The van der Waals surface area contributed by atoms with Crippen LogP contribution in [0.1, 0.15) is 21.0 Å². The van der Waals surface area contributed by atoms with Crippen LogP contribution >= 0.6 is 15.9 Å². The first-order chi connectivity index (χ1) is 12.8. The van der Waals surface area contributed by atoms with E-state index in [0.717, 1.165) is 4.47 Å². The minimum atomic E-state index is -3.71. The van der Waals surface area contributed by atoms with Gasteiger partial charge in [-0.2, -0.15) is 4.31 Å². The van der Waals surface area contributed by atoms with Crippen molar-refractivity contribution in [1.82, 2.24) is 24.7 Å². The van der Waals surface area contributed by atoms with Gasteiger partial charge in [-0.15, -0.1) is 0 Å². The molecule has 0 bridgehead atoms. The third-order valence-electron chi connectivity index (χ3n) is 4.00. The Labute approximate surface area is 164 Å². The van der Waals surface area contributed by atoms with Crippen LogP contribution in [0.15, 0.2) is 33.9 Å². The molecule has 10 nitrogen and oxygen atoms in total. The van der Waals surface area contributed by atoms with Gasteiger partial charge in [0.05, 0.1) is 13.2 Å². The lowest BCUT2D eigenvalue weighted by Gasteiger charge is -2.25.